The van der Waals surface area contributed by atoms with Crippen LogP contribution in [0.4, 0.5) is 5.69 Å². The number of amidine groups is 1. The molecule has 3 N–H and O–H groups in total. The van der Waals surface area contributed by atoms with Crippen LogP contribution in [0, 0.1) is 15.5 Å². The number of ether oxygens (including phenoxy) is 1. The summed E-state index contributed by atoms with van der Waals surface area (Å²) >= 11 is 11.8. The molecule has 0 fully saturated rings. The number of benzene rings is 2. The average Bonchev–Trinajstić information content (AvgIpc) is 2.42. The lowest BCUT2D eigenvalue weighted by Crippen LogP contribution is -2.12. The second-order valence-electron chi connectivity index (χ2n) is 4.00. The number of nitrogens with one attached hydrogen (secondary N) is 1. The molecule has 8 heteroatoms. The minimum Gasteiger partial charge on any atom is -0.448 e. The van der Waals surface area contributed by atoms with E-state index in [9.17, 15) is 10.1 Å². The summed E-state index contributed by atoms with van der Waals surface area (Å²) in [5, 5.41) is 19.0. The van der Waals surface area contributed by atoms with Gasteiger partial charge in [0, 0.05) is 11.1 Å². The highest BCUT2D eigenvalue weighted by Gasteiger charge is 2.20. The number of nitrogens with zero attached hydrogens (tertiary/aromatic N) is 1. The third kappa shape index (κ3) is 3.24. The first-order valence-electron chi connectivity index (χ1n) is 5.65. The summed E-state index contributed by atoms with van der Waals surface area (Å²) in [5.74, 6) is -0.237. The van der Waals surface area contributed by atoms with Crippen LogP contribution in [0.5, 0.6) is 11.5 Å². The lowest BCUT2D eigenvalue weighted by Gasteiger charge is -2.11. The first-order valence-corrected chi connectivity index (χ1v) is 6.40. The molecule has 2 aromatic carbocycles. The number of nitrogen functional groups attached to an aromatic ring is 1. The fourth-order valence-corrected chi connectivity index (χ4v) is 2.03. The van der Waals surface area contributed by atoms with Crippen molar-refractivity contribution in [2.75, 3.05) is 0 Å². The maximum Gasteiger partial charge on any atom is 0.313 e. The van der Waals surface area contributed by atoms with E-state index < -0.39 is 4.92 Å². The average molecular weight is 326 g/mol. The SMILES string of the molecule is N=C(N)c1cc(Cl)ccc1Oc1c(Cl)cccc1[N+](=O)[O-]. The van der Waals surface area contributed by atoms with Crippen molar-refractivity contribution in [1.82, 2.24) is 0 Å². The van der Waals surface area contributed by atoms with Gasteiger partial charge in [-0.3, -0.25) is 15.5 Å². The maximum absolute atomic E-state index is 11.0. The van der Waals surface area contributed by atoms with E-state index >= 15 is 0 Å². The number of nitro benzene ring substituents is 1. The van der Waals surface area contributed by atoms with Crippen LogP contribution in [0.3, 0.4) is 0 Å². The number of nitro groups is 1. The molecule has 0 amide bonds. The maximum atomic E-state index is 11.0. The molecule has 2 aromatic rings. The van der Waals surface area contributed by atoms with Crippen LogP contribution in [-0.4, -0.2) is 10.8 Å². The Morgan fingerprint density at radius 2 is 2.00 bits per heavy atom. The van der Waals surface area contributed by atoms with E-state index in [4.69, 9.17) is 39.1 Å². The predicted octanol–water partition coefficient (Wildman–Crippen LogP) is 3.98. The molecule has 0 saturated carbocycles. The highest BCUT2D eigenvalue weighted by Crippen LogP contribution is 2.39. The van der Waals surface area contributed by atoms with Crippen molar-refractivity contribution < 1.29 is 9.66 Å². The van der Waals surface area contributed by atoms with E-state index in [1.165, 1.54) is 36.4 Å². The summed E-state index contributed by atoms with van der Waals surface area (Å²) in [6.45, 7) is 0. The van der Waals surface area contributed by atoms with Crippen LogP contribution >= 0.6 is 23.2 Å². The van der Waals surface area contributed by atoms with E-state index in [1.54, 1.807) is 0 Å². The molecule has 0 unspecified atom stereocenters. The Morgan fingerprint density at radius 3 is 2.62 bits per heavy atom. The zero-order valence-electron chi connectivity index (χ0n) is 10.5. The number of rotatable bonds is 4. The number of hydrogen-bond acceptors (Lipinski definition) is 4. The van der Waals surface area contributed by atoms with Gasteiger partial charge in [0.2, 0.25) is 5.75 Å². The Labute approximate surface area is 129 Å². The van der Waals surface area contributed by atoms with Gasteiger partial charge in [-0.15, -0.1) is 0 Å². The molecule has 0 aliphatic heterocycles. The van der Waals surface area contributed by atoms with Gasteiger partial charge in [0.1, 0.15) is 11.6 Å². The van der Waals surface area contributed by atoms with Gasteiger partial charge in [0.15, 0.2) is 0 Å². The summed E-state index contributed by atoms with van der Waals surface area (Å²) < 4.78 is 5.50. The van der Waals surface area contributed by atoms with Crippen LogP contribution in [0.15, 0.2) is 36.4 Å². The van der Waals surface area contributed by atoms with Crippen LogP contribution < -0.4 is 10.5 Å². The molecule has 21 heavy (non-hydrogen) atoms. The highest BCUT2D eigenvalue weighted by atomic mass is 35.5. The Hall–Kier alpha value is -2.31. The molecular formula is C13H9Cl2N3O3. The molecule has 0 heterocycles. The molecular weight excluding hydrogens is 317 g/mol. The van der Waals surface area contributed by atoms with Crippen molar-refractivity contribution in [3.05, 3.63) is 62.1 Å². The van der Waals surface area contributed by atoms with Crippen molar-refractivity contribution in [2.24, 2.45) is 5.73 Å². The van der Waals surface area contributed by atoms with Crippen LogP contribution in [-0.2, 0) is 0 Å². The standard InChI is InChI=1S/C13H9Cl2N3O3/c14-7-4-5-11(8(6-7)13(16)17)21-12-9(15)2-1-3-10(12)18(19)20/h1-6H,(H3,16,17). The van der Waals surface area contributed by atoms with Gasteiger partial charge in [-0.25, -0.2) is 0 Å². The minimum absolute atomic E-state index is 0.0775. The summed E-state index contributed by atoms with van der Waals surface area (Å²) in [6, 6.07) is 8.60. The fraction of sp³-hybridized carbons (Fsp3) is 0. The molecule has 0 aromatic heterocycles. The molecule has 0 aliphatic carbocycles. The summed E-state index contributed by atoms with van der Waals surface area (Å²) in [7, 11) is 0. The van der Waals surface area contributed by atoms with E-state index in [-0.39, 0.29) is 33.6 Å². The van der Waals surface area contributed by atoms with E-state index in [0.717, 1.165) is 0 Å². The Kier molecular flexibility index (Phi) is 4.30. The number of nitrogens with two attached hydrogens (primary N) is 1. The topological polar surface area (TPSA) is 102 Å². The fourth-order valence-electron chi connectivity index (χ4n) is 1.65. The number of para-hydroxylation sites is 1. The summed E-state index contributed by atoms with van der Waals surface area (Å²) in [4.78, 5) is 10.4. The van der Waals surface area contributed by atoms with Crippen molar-refractivity contribution >= 4 is 34.7 Å². The first kappa shape index (κ1) is 15.1. The molecule has 0 aliphatic rings. The molecule has 0 spiro atoms. The van der Waals surface area contributed by atoms with Crippen molar-refractivity contribution in [3.8, 4) is 11.5 Å². The smallest absolute Gasteiger partial charge is 0.313 e. The molecule has 2 rings (SSSR count). The molecule has 6 nitrogen and oxygen atoms in total. The second kappa shape index (κ2) is 5.99. The van der Waals surface area contributed by atoms with Crippen molar-refractivity contribution in [1.29, 1.82) is 5.41 Å². The molecule has 0 saturated heterocycles. The molecule has 108 valence electrons. The first-order chi connectivity index (χ1) is 9.90. The van der Waals surface area contributed by atoms with Gasteiger partial charge < -0.3 is 10.5 Å². The van der Waals surface area contributed by atoms with Gasteiger partial charge in [-0.2, -0.15) is 0 Å². The highest BCUT2D eigenvalue weighted by molar-refractivity contribution is 6.32. The predicted molar refractivity (Wildman–Crippen MR) is 80.6 cm³/mol. The van der Waals surface area contributed by atoms with Crippen molar-refractivity contribution in [3.63, 3.8) is 0 Å². The summed E-state index contributed by atoms with van der Waals surface area (Å²) in [5.41, 5.74) is 5.38. The Bertz CT molecular complexity index is 735. The van der Waals surface area contributed by atoms with Gasteiger partial charge in [-0.05, 0) is 24.3 Å². The third-order valence-electron chi connectivity index (χ3n) is 2.59. The van der Waals surface area contributed by atoms with E-state index in [2.05, 4.69) is 0 Å². The normalized spacial score (nSPS) is 10.2. The number of halogens is 2. The number of hydrogen-bond donors (Lipinski definition) is 2. The Balaban J connectivity index is 2.53. The zero-order valence-corrected chi connectivity index (χ0v) is 12.0. The van der Waals surface area contributed by atoms with Gasteiger partial charge in [0.05, 0.1) is 15.5 Å². The van der Waals surface area contributed by atoms with Crippen molar-refractivity contribution in [2.45, 2.75) is 0 Å². The monoisotopic (exact) mass is 325 g/mol. The van der Waals surface area contributed by atoms with Crippen LogP contribution in [0.25, 0.3) is 0 Å². The largest absolute Gasteiger partial charge is 0.448 e. The third-order valence-corrected chi connectivity index (χ3v) is 3.12. The van der Waals surface area contributed by atoms with E-state index in [1.807, 2.05) is 0 Å². The molecule has 0 radical (unpaired) electrons. The Morgan fingerprint density at radius 1 is 1.29 bits per heavy atom. The second-order valence-corrected chi connectivity index (χ2v) is 4.85. The zero-order chi connectivity index (χ0) is 15.6. The molecule has 0 bridgehead atoms. The van der Waals surface area contributed by atoms with Gasteiger partial charge >= 0.3 is 5.69 Å². The quantitative estimate of drug-likeness (QED) is 0.384. The molecule has 0 atom stereocenters. The lowest BCUT2D eigenvalue weighted by atomic mass is 10.2. The summed E-state index contributed by atoms with van der Waals surface area (Å²) in [6.07, 6.45) is 0. The van der Waals surface area contributed by atoms with Gasteiger partial charge in [-0.1, -0.05) is 29.3 Å². The van der Waals surface area contributed by atoms with E-state index in [0.29, 0.717) is 5.02 Å². The van der Waals surface area contributed by atoms with Crippen LogP contribution in [0.2, 0.25) is 10.0 Å². The minimum atomic E-state index is -0.607. The van der Waals surface area contributed by atoms with Gasteiger partial charge in [0.25, 0.3) is 0 Å². The van der Waals surface area contributed by atoms with Crippen LogP contribution in [0.1, 0.15) is 5.56 Å². The lowest BCUT2D eigenvalue weighted by molar-refractivity contribution is -0.385.